The highest BCUT2D eigenvalue weighted by atomic mass is 32.2. The zero-order valence-corrected chi connectivity index (χ0v) is 16.6. The number of benzene rings is 1. The highest BCUT2D eigenvalue weighted by molar-refractivity contribution is 8.23. The maximum Gasteiger partial charge on any atom is 0.243 e. The molecular weight excluding hydrogens is 354 g/mol. The summed E-state index contributed by atoms with van der Waals surface area (Å²) in [6.07, 6.45) is 2.31. The van der Waals surface area contributed by atoms with Gasteiger partial charge < -0.3 is 15.1 Å². The van der Waals surface area contributed by atoms with E-state index in [0.717, 1.165) is 41.5 Å². The minimum atomic E-state index is -0.301. The Morgan fingerprint density at radius 2 is 1.88 bits per heavy atom. The number of nitrogens with zero attached hydrogens (tertiary/aromatic N) is 2. The van der Waals surface area contributed by atoms with Crippen LogP contribution in [0.15, 0.2) is 24.3 Å². The average molecular weight is 380 g/mol. The summed E-state index contributed by atoms with van der Waals surface area (Å²) in [5, 5.41) is 2.51. The zero-order chi connectivity index (χ0) is 18.4. The molecule has 136 valence electrons. The maximum atomic E-state index is 12.5. The Kier molecular flexibility index (Phi) is 7.25. The van der Waals surface area contributed by atoms with E-state index in [0.29, 0.717) is 0 Å². The molecule has 2 amide bonds. The van der Waals surface area contributed by atoms with Crippen LogP contribution in [0.2, 0.25) is 0 Å². The van der Waals surface area contributed by atoms with Crippen molar-refractivity contribution in [3.63, 3.8) is 0 Å². The lowest BCUT2D eigenvalue weighted by Crippen LogP contribution is -2.40. The van der Waals surface area contributed by atoms with Gasteiger partial charge in [0.15, 0.2) is 0 Å². The minimum absolute atomic E-state index is 0.0219. The van der Waals surface area contributed by atoms with E-state index in [1.807, 2.05) is 38.1 Å². The van der Waals surface area contributed by atoms with Gasteiger partial charge in [-0.2, -0.15) is 0 Å². The molecule has 1 fully saturated rings. The monoisotopic (exact) mass is 379 g/mol. The SMILES string of the molecule is Cc1ccc(NC(=O)CN(C)C(=O)[C@H](C)SC(=S)N2CCCC2)cc1. The summed E-state index contributed by atoms with van der Waals surface area (Å²) >= 11 is 6.82. The molecule has 1 aromatic carbocycles. The Bertz CT molecular complexity index is 628. The molecule has 7 heteroatoms. The molecule has 0 bridgehead atoms. The lowest BCUT2D eigenvalue weighted by Gasteiger charge is -2.23. The van der Waals surface area contributed by atoms with Crippen LogP contribution in [0.5, 0.6) is 0 Å². The van der Waals surface area contributed by atoms with Gasteiger partial charge in [-0.25, -0.2) is 0 Å². The molecule has 1 heterocycles. The number of hydrogen-bond acceptors (Lipinski definition) is 4. The van der Waals surface area contributed by atoms with Crippen molar-refractivity contribution >= 4 is 45.8 Å². The van der Waals surface area contributed by atoms with E-state index >= 15 is 0 Å². The number of carbonyl (C=O) groups excluding carboxylic acids is 2. The molecule has 25 heavy (non-hydrogen) atoms. The van der Waals surface area contributed by atoms with Gasteiger partial charge in [-0.1, -0.05) is 41.7 Å². The second-order valence-electron chi connectivity index (χ2n) is 6.33. The number of likely N-dealkylation sites (tertiary alicyclic amines) is 1. The first kappa shape index (κ1) is 19.7. The summed E-state index contributed by atoms with van der Waals surface area (Å²) < 4.78 is 0.774. The Hall–Kier alpha value is -1.60. The third kappa shape index (κ3) is 6.01. The quantitative estimate of drug-likeness (QED) is 0.797. The zero-order valence-electron chi connectivity index (χ0n) is 14.9. The van der Waals surface area contributed by atoms with Crippen molar-refractivity contribution in [2.45, 2.75) is 31.9 Å². The Labute approximate surface area is 159 Å². The molecule has 1 N–H and O–H groups in total. The van der Waals surface area contributed by atoms with Gasteiger partial charge in [-0.3, -0.25) is 9.59 Å². The van der Waals surface area contributed by atoms with E-state index in [1.54, 1.807) is 7.05 Å². The van der Waals surface area contributed by atoms with E-state index in [1.165, 1.54) is 16.7 Å². The summed E-state index contributed by atoms with van der Waals surface area (Å²) in [6.45, 7) is 5.80. The van der Waals surface area contributed by atoms with Gasteiger partial charge in [-0.05, 0) is 38.8 Å². The highest BCUT2D eigenvalue weighted by Crippen LogP contribution is 2.21. The van der Waals surface area contributed by atoms with Crippen molar-refractivity contribution in [3.05, 3.63) is 29.8 Å². The number of thiocarbonyl (C=S) groups is 1. The van der Waals surface area contributed by atoms with Crippen LogP contribution in [-0.4, -0.2) is 57.9 Å². The van der Waals surface area contributed by atoms with Crippen LogP contribution in [0.1, 0.15) is 25.3 Å². The van der Waals surface area contributed by atoms with Crippen LogP contribution < -0.4 is 5.32 Å². The van der Waals surface area contributed by atoms with E-state index in [2.05, 4.69) is 10.2 Å². The Balaban J connectivity index is 1.80. The van der Waals surface area contributed by atoms with Gasteiger partial charge in [0.25, 0.3) is 0 Å². The first-order valence-electron chi connectivity index (χ1n) is 8.44. The molecule has 1 atom stereocenters. The molecule has 1 aliphatic rings. The molecule has 1 aliphatic heterocycles. The van der Waals surface area contributed by atoms with Crippen LogP contribution in [0.25, 0.3) is 0 Å². The van der Waals surface area contributed by atoms with Gasteiger partial charge in [0, 0.05) is 25.8 Å². The van der Waals surface area contributed by atoms with E-state index in [-0.39, 0.29) is 23.6 Å². The first-order valence-corrected chi connectivity index (χ1v) is 9.72. The summed E-state index contributed by atoms with van der Waals surface area (Å²) in [6, 6.07) is 7.56. The largest absolute Gasteiger partial charge is 0.358 e. The van der Waals surface area contributed by atoms with Gasteiger partial charge >= 0.3 is 0 Å². The second-order valence-corrected chi connectivity index (χ2v) is 8.30. The maximum absolute atomic E-state index is 12.5. The molecule has 0 aliphatic carbocycles. The van der Waals surface area contributed by atoms with Crippen LogP contribution in [-0.2, 0) is 9.59 Å². The van der Waals surface area contributed by atoms with Crippen molar-refractivity contribution in [1.82, 2.24) is 9.80 Å². The number of thioether (sulfide) groups is 1. The number of carbonyl (C=O) groups is 2. The van der Waals surface area contributed by atoms with Gasteiger partial charge in [0.2, 0.25) is 11.8 Å². The highest BCUT2D eigenvalue weighted by Gasteiger charge is 2.24. The minimum Gasteiger partial charge on any atom is -0.358 e. The van der Waals surface area contributed by atoms with Crippen LogP contribution in [0.3, 0.4) is 0 Å². The van der Waals surface area contributed by atoms with Gasteiger partial charge in [0.05, 0.1) is 11.8 Å². The summed E-state index contributed by atoms with van der Waals surface area (Å²) in [4.78, 5) is 28.2. The van der Waals surface area contributed by atoms with Gasteiger partial charge in [0.1, 0.15) is 4.32 Å². The number of rotatable bonds is 5. The van der Waals surface area contributed by atoms with Crippen molar-refractivity contribution in [2.24, 2.45) is 0 Å². The lowest BCUT2D eigenvalue weighted by molar-refractivity contribution is -0.132. The molecule has 2 rings (SSSR count). The number of aryl methyl sites for hydroxylation is 1. The van der Waals surface area contributed by atoms with Crippen molar-refractivity contribution in [2.75, 3.05) is 32.0 Å². The van der Waals surface area contributed by atoms with Gasteiger partial charge in [-0.15, -0.1) is 0 Å². The van der Waals surface area contributed by atoms with E-state index in [4.69, 9.17) is 12.2 Å². The topological polar surface area (TPSA) is 52.7 Å². The smallest absolute Gasteiger partial charge is 0.243 e. The summed E-state index contributed by atoms with van der Waals surface area (Å²) in [5.41, 5.74) is 1.86. The second kappa shape index (κ2) is 9.20. The number of amides is 2. The van der Waals surface area contributed by atoms with Crippen molar-refractivity contribution in [1.29, 1.82) is 0 Å². The normalized spacial score (nSPS) is 14.9. The first-order chi connectivity index (χ1) is 11.9. The number of anilines is 1. The number of hydrogen-bond donors (Lipinski definition) is 1. The molecule has 1 saturated heterocycles. The Morgan fingerprint density at radius 3 is 2.48 bits per heavy atom. The van der Waals surface area contributed by atoms with Crippen molar-refractivity contribution < 1.29 is 9.59 Å². The molecule has 0 spiro atoms. The van der Waals surface area contributed by atoms with Crippen LogP contribution >= 0.6 is 24.0 Å². The molecule has 0 saturated carbocycles. The standard InChI is InChI=1S/C18H25N3O2S2/c1-13-6-8-15(9-7-13)19-16(22)12-20(3)17(23)14(2)25-18(24)21-10-4-5-11-21/h6-9,14H,4-5,10-12H2,1-3H3,(H,19,22)/t14-/m0/s1. The molecule has 0 radical (unpaired) electrons. The fraction of sp³-hybridized carbons (Fsp3) is 0.500. The molecular formula is C18H25N3O2S2. The third-order valence-corrected chi connectivity index (χ3v) is 5.64. The van der Waals surface area contributed by atoms with E-state index < -0.39 is 0 Å². The lowest BCUT2D eigenvalue weighted by atomic mass is 10.2. The van der Waals surface area contributed by atoms with Crippen LogP contribution in [0, 0.1) is 6.92 Å². The van der Waals surface area contributed by atoms with E-state index in [9.17, 15) is 9.59 Å². The fourth-order valence-electron chi connectivity index (χ4n) is 2.62. The van der Waals surface area contributed by atoms with Crippen molar-refractivity contribution in [3.8, 4) is 0 Å². The summed E-state index contributed by atoms with van der Waals surface area (Å²) in [7, 11) is 1.65. The predicted octanol–water partition coefficient (Wildman–Crippen LogP) is 2.89. The van der Waals surface area contributed by atoms with Crippen LogP contribution in [0.4, 0.5) is 5.69 Å². The predicted molar refractivity (Wildman–Crippen MR) is 108 cm³/mol. The average Bonchev–Trinajstić information content (AvgIpc) is 3.10. The molecule has 5 nitrogen and oxygen atoms in total. The molecule has 0 unspecified atom stereocenters. The molecule has 0 aromatic heterocycles. The molecule has 1 aromatic rings. The number of likely N-dealkylation sites (N-methyl/N-ethyl adjacent to an activating group) is 1. The fourth-order valence-corrected chi connectivity index (χ4v) is 4.15. The summed E-state index contributed by atoms with van der Waals surface area (Å²) in [5.74, 6) is -0.301. The Morgan fingerprint density at radius 1 is 1.28 bits per heavy atom. The third-order valence-electron chi connectivity index (χ3n) is 4.08. The number of nitrogens with one attached hydrogen (secondary N) is 1.